The molecule has 0 aliphatic rings. The molecule has 0 atom stereocenters. The zero-order chi connectivity index (χ0) is 18.4. The molecular weight excluding hydrogens is 353 g/mol. The highest BCUT2D eigenvalue weighted by molar-refractivity contribution is 7.98. The minimum Gasteiger partial charge on any atom is -0.478 e. The summed E-state index contributed by atoms with van der Waals surface area (Å²) in [5.41, 5.74) is 2.78. The van der Waals surface area contributed by atoms with E-state index < -0.39 is 11.7 Å². The maximum absolute atomic E-state index is 12.8. The molecule has 0 unspecified atom stereocenters. The van der Waals surface area contributed by atoms with Crippen molar-refractivity contribution in [3.05, 3.63) is 41.5 Å². The van der Waals surface area contributed by atoms with Gasteiger partial charge in [-0.25, -0.2) is 4.98 Å². The summed E-state index contributed by atoms with van der Waals surface area (Å²) in [6, 6.07) is 6.56. The van der Waals surface area contributed by atoms with Crippen molar-refractivity contribution < 1.29 is 17.9 Å². The first-order chi connectivity index (χ1) is 11.8. The predicted molar refractivity (Wildman–Crippen MR) is 92.3 cm³/mol. The van der Waals surface area contributed by atoms with Gasteiger partial charge >= 0.3 is 6.18 Å². The van der Waals surface area contributed by atoms with E-state index in [1.807, 2.05) is 13.2 Å². The number of anilines is 1. The number of hydrazone groups is 1. The minimum absolute atomic E-state index is 0.367. The molecule has 5 nitrogen and oxygen atoms in total. The Morgan fingerprint density at radius 3 is 2.68 bits per heavy atom. The quantitative estimate of drug-likeness (QED) is 0.352. The fraction of sp³-hybridized carbons (Fsp3) is 0.312. The summed E-state index contributed by atoms with van der Waals surface area (Å²) in [6.07, 6.45) is -2.57. The van der Waals surface area contributed by atoms with Crippen LogP contribution in [0.5, 0.6) is 5.88 Å². The number of aromatic nitrogens is 2. The number of rotatable bonds is 6. The molecule has 0 bridgehead atoms. The van der Waals surface area contributed by atoms with Crippen LogP contribution in [0, 0.1) is 0 Å². The zero-order valence-electron chi connectivity index (χ0n) is 13.9. The molecule has 1 aromatic carbocycles. The Bertz CT molecular complexity index is 765. The third-order valence-corrected chi connectivity index (χ3v) is 3.65. The van der Waals surface area contributed by atoms with Crippen molar-refractivity contribution >= 4 is 23.3 Å². The van der Waals surface area contributed by atoms with Crippen molar-refractivity contribution in [1.29, 1.82) is 0 Å². The van der Waals surface area contributed by atoms with Crippen molar-refractivity contribution in [2.24, 2.45) is 5.10 Å². The topological polar surface area (TPSA) is 59.4 Å². The van der Waals surface area contributed by atoms with E-state index in [1.54, 1.807) is 19.1 Å². The van der Waals surface area contributed by atoms with Crippen LogP contribution in [0.25, 0.3) is 0 Å². The minimum atomic E-state index is -4.39. The molecule has 0 saturated heterocycles. The normalized spacial score (nSPS) is 12.2. The molecule has 1 aromatic heterocycles. The molecule has 9 heteroatoms. The van der Waals surface area contributed by atoms with E-state index in [-0.39, 0.29) is 0 Å². The Morgan fingerprint density at radius 2 is 2.04 bits per heavy atom. The summed E-state index contributed by atoms with van der Waals surface area (Å²) in [6.45, 7) is 3.91. The first-order valence-corrected chi connectivity index (χ1v) is 8.59. The molecule has 0 saturated carbocycles. The Labute approximate surface area is 147 Å². The summed E-state index contributed by atoms with van der Waals surface area (Å²) in [7, 11) is 0. The first-order valence-electron chi connectivity index (χ1n) is 7.37. The summed E-state index contributed by atoms with van der Waals surface area (Å²) < 4.78 is 43.7. The maximum atomic E-state index is 12.8. The second-order valence-corrected chi connectivity index (χ2v) is 5.67. The van der Waals surface area contributed by atoms with E-state index in [1.165, 1.54) is 17.8 Å². The molecule has 2 rings (SSSR count). The maximum Gasteiger partial charge on any atom is 0.416 e. The van der Waals surface area contributed by atoms with Crippen LogP contribution in [0.15, 0.2) is 40.6 Å². The molecule has 0 amide bonds. The van der Waals surface area contributed by atoms with E-state index in [0.717, 1.165) is 12.1 Å². The van der Waals surface area contributed by atoms with Crippen LogP contribution in [-0.2, 0) is 6.18 Å². The molecule has 1 N–H and O–H groups in total. The Kier molecular flexibility index (Phi) is 6.24. The molecular formula is C16H17F3N4OS. The van der Waals surface area contributed by atoms with Crippen molar-refractivity contribution in [2.75, 3.05) is 18.3 Å². The molecule has 25 heavy (non-hydrogen) atoms. The van der Waals surface area contributed by atoms with Gasteiger partial charge < -0.3 is 4.74 Å². The lowest BCUT2D eigenvalue weighted by Gasteiger charge is -2.09. The van der Waals surface area contributed by atoms with Crippen LogP contribution in [0.1, 0.15) is 25.0 Å². The highest BCUT2D eigenvalue weighted by Crippen LogP contribution is 2.29. The molecule has 0 fully saturated rings. The molecule has 0 aliphatic carbocycles. The van der Waals surface area contributed by atoms with Gasteiger partial charge in [-0.15, -0.1) is 0 Å². The number of ether oxygens (including phenoxy) is 1. The van der Waals surface area contributed by atoms with Crippen molar-refractivity contribution in [3.8, 4) is 5.88 Å². The molecule has 2 aromatic rings. The SMILES string of the molecule is CCOc1cc(N/N=C(\C)c2cccc(C(F)(F)F)c2)nc(SC)n1. The van der Waals surface area contributed by atoms with Crippen molar-refractivity contribution in [1.82, 2.24) is 9.97 Å². The predicted octanol–water partition coefficient (Wildman–Crippen LogP) is 4.45. The summed E-state index contributed by atoms with van der Waals surface area (Å²) >= 11 is 1.34. The average Bonchev–Trinajstić information content (AvgIpc) is 2.59. The molecule has 0 radical (unpaired) electrons. The fourth-order valence-electron chi connectivity index (χ4n) is 1.90. The van der Waals surface area contributed by atoms with E-state index in [9.17, 15) is 13.2 Å². The van der Waals surface area contributed by atoms with Gasteiger partial charge in [0.2, 0.25) is 5.88 Å². The number of hydrogen-bond acceptors (Lipinski definition) is 6. The smallest absolute Gasteiger partial charge is 0.416 e. The summed E-state index contributed by atoms with van der Waals surface area (Å²) in [5, 5.41) is 4.61. The number of alkyl halides is 3. The number of hydrogen-bond donors (Lipinski definition) is 1. The first kappa shape index (κ1) is 19.0. The van der Waals surface area contributed by atoms with Crippen LogP contribution in [-0.4, -0.2) is 28.5 Å². The van der Waals surface area contributed by atoms with Gasteiger partial charge in [0.15, 0.2) is 11.0 Å². The van der Waals surface area contributed by atoms with Gasteiger partial charge in [0.25, 0.3) is 0 Å². The van der Waals surface area contributed by atoms with E-state index in [4.69, 9.17) is 4.74 Å². The number of thioether (sulfide) groups is 1. The average molecular weight is 370 g/mol. The van der Waals surface area contributed by atoms with Gasteiger partial charge in [0, 0.05) is 6.07 Å². The Balaban J connectivity index is 2.22. The van der Waals surface area contributed by atoms with Crippen LogP contribution in [0.4, 0.5) is 19.0 Å². The van der Waals surface area contributed by atoms with Gasteiger partial charge in [-0.3, -0.25) is 5.43 Å². The van der Waals surface area contributed by atoms with Crippen molar-refractivity contribution in [2.45, 2.75) is 25.2 Å². The van der Waals surface area contributed by atoms with E-state index >= 15 is 0 Å². The van der Waals surface area contributed by atoms with Crippen LogP contribution in [0.3, 0.4) is 0 Å². The number of benzene rings is 1. The van der Waals surface area contributed by atoms with Crippen LogP contribution in [0.2, 0.25) is 0 Å². The van der Waals surface area contributed by atoms with E-state index in [0.29, 0.717) is 34.7 Å². The van der Waals surface area contributed by atoms with Crippen LogP contribution < -0.4 is 10.2 Å². The third kappa shape index (κ3) is 5.35. The van der Waals surface area contributed by atoms with Gasteiger partial charge in [-0.1, -0.05) is 23.9 Å². The second-order valence-electron chi connectivity index (χ2n) is 4.90. The van der Waals surface area contributed by atoms with Gasteiger partial charge in [0.05, 0.1) is 17.9 Å². The fourth-order valence-corrected chi connectivity index (χ4v) is 2.27. The third-order valence-electron chi connectivity index (χ3n) is 3.10. The molecule has 0 aliphatic heterocycles. The molecule has 134 valence electrons. The standard InChI is InChI=1S/C16H17F3N4OS/c1-4-24-14-9-13(20-15(21-14)25-3)23-22-10(2)11-6-5-7-12(8-11)16(17,18)19/h5-9H,4H2,1-3H3,(H,20,21,23)/b22-10+. The van der Waals surface area contributed by atoms with Gasteiger partial charge in [0.1, 0.15) is 0 Å². The highest BCUT2D eigenvalue weighted by atomic mass is 32.2. The van der Waals surface area contributed by atoms with Crippen LogP contribution >= 0.6 is 11.8 Å². The van der Waals surface area contributed by atoms with Crippen molar-refractivity contribution in [3.63, 3.8) is 0 Å². The van der Waals surface area contributed by atoms with Gasteiger partial charge in [-0.2, -0.15) is 23.3 Å². The summed E-state index contributed by atoms with van der Waals surface area (Å²) in [5.74, 6) is 0.797. The lowest BCUT2D eigenvalue weighted by molar-refractivity contribution is -0.137. The molecule has 1 heterocycles. The number of halogens is 3. The summed E-state index contributed by atoms with van der Waals surface area (Å²) in [4.78, 5) is 8.41. The van der Waals surface area contributed by atoms with Gasteiger partial charge in [-0.05, 0) is 37.8 Å². The monoisotopic (exact) mass is 370 g/mol. The molecule has 0 spiro atoms. The second kappa shape index (κ2) is 8.19. The zero-order valence-corrected chi connectivity index (χ0v) is 14.7. The lowest BCUT2D eigenvalue weighted by atomic mass is 10.1. The lowest BCUT2D eigenvalue weighted by Crippen LogP contribution is -2.08. The number of nitrogens with one attached hydrogen (secondary N) is 1. The highest BCUT2D eigenvalue weighted by Gasteiger charge is 2.30. The van der Waals surface area contributed by atoms with E-state index in [2.05, 4.69) is 20.5 Å². The number of nitrogens with zero attached hydrogens (tertiary/aromatic N) is 3. The Hall–Kier alpha value is -2.29. The Morgan fingerprint density at radius 1 is 1.28 bits per heavy atom. The largest absolute Gasteiger partial charge is 0.478 e.